The van der Waals surface area contributed by atoms with Crippen LogP contribution in [0.15, 0.2) is 21.9 Å². The predicted octanol–water partition coefficient (Wildman–Crippen LogP) is 15.2. The molecule has 0 saturated carbocycles. The Morgan fingerprint density at radius 3 is 1.10 bits per heavy atom. The quantitative estimate of drug-likeness (QED) is 0.0384. The average molecular weight is 959 g/mol. The van der Waals surface area contributed by atoms with Crippen molar-refractivity contribution in [2.75, 3.05) is 6.61 Å². The Kier molecular flexibility index (Phi) is 38.6. The van der Waals surface area contributed by atoms with E-state index >= 15 is 0 Å². The van der Waals surface area contributed by atoms with Crippen molar-refractivity contribution < 1.29 is 33.3 Å². The molecule has 0 amide bonds. The van der Waals surface area contributed by atoms with E-state index in [-0.39, 0.29) is 31.8 Å². The van der Waals surface area contributed by atoms with Gasteiger partial charge in [-0.15, -0.1) is 0 Å². The number of unbranched alkanes of at least 4 members (excludes halogenated alkanes) is 36. The minimum atomic E-state index is -1.21. The predicted molar refractivity (Wildman–Crippen MR) is 277 cm³/mol. The number of aromatic nitrogens is 2. The highest BCUT2D eigenvalue weighted by molar-refractivity contribution is 5.71. The first-order valence-electron chi connectivity index (χ1n) is 28.8. The Morgan fingerprint density at radius 1 is 0.456 bits per heavy atom. The summed E-state index contributed by atoms with van der Waals surface area (Å²) in [5.41, 5.74) is -1.34. The Bertz CT molecular complexity index is 1490. The molecule has 2 rings (SSSR count). The van der Waals surface area contributed by atoms with Crippen LogP contribution in [0.4, 0.5) is 0 Å². The van der Waals surface area contributed by atoms with Crippen molar-refractivity contribution in [3.8, 4) is 0 Å². The molecule has 68 heavy (non-hydrogen) atoms. The number of carbonyl (C=O) groups is 3. The highest BCUT2D eigenvalue weighted by Gasteiger charge is 2.51. The zero-order valence-electron chi connectivity index (χ0n) is 44.0. The molecule has 11 nitrogen and oxygen atoms in total. The van der Waals surface area contributed by atoms with Crippen LogP contribution < -0.4 is 11.2 Å². The second kappa shape index (κ2) is 42.9. The van der Waals surface area contributed by atoms with Crippen molar-refractivity contribution in [1.82, 2.24) is 9.55 Å². The Hall–Kier alpha value is -2.95. The third kappa shape index (κ3) is 31.3. The molecule has 0 bridgehead atoms. The lowest BCUT2D eigenvalue weighted by Gasteiger charge is -2.25. The van der Waals surface area contributed by atoms with Crippen molar-refractivity contribution >= 4 is 17.9 Å². The van der Waals surface area contributed by atoms with Crippen LogP contribution in [-0.2, 0) is 33.3 Å². The molecule has 1 N–H and O–H groups in total. The van der Waals surface area contributed by atoms with Gasteiger partial charge in [-0.3, -0.25) is 28.7 Å². The molecular weight excluding hydrogens is 857 g/mol. The maximum absolute atomic E-state index is 13.5. The summed E-state index contributed by atoms with van der Waals surface area (Å²) in [4.78, 5) is 67.4. The zero-order chi connectivity index (χ0) is 49.1. The van der Waals surface area contributed by atoms with E-state index in [0.717, 1.165) is 62.4 Å². The first-order valence-corrected chi connectivity index (χ1v) is 28.8. The molecule has 1 saturated heterocycles. The number of H-pyrrole nitrogens is 1. The lowest BCUT2D eigenvalue weighted by molar-refractivity contribution is -0.169. The molecule has 1 aliphatic heterocycles. The number of ether oxygens (including phenoxy) is 4. The van der Waals surface area contributed by atoms with Gasteiger partial charge in [-0.25, -0.2) is 4.79 Å². The largest absolute Gasteiger partial charge is 0.463 e. The fourth-order valence-electron chi connectivity index (χ4n) is 9.49. The van der Waals surface area contributed by atoms with Crippen LogP contribution in [0, 0.1) is 0 Å². The van der Waals surface area contributed by atoms with Crippen molar-refractivity contribution in [3.05, 3.63) is 33.1 Å². The third-order valence-corrected chi connectivity index (χ3v) is 13.8. The summed E-state index contributed by atoms with van der Waals surface area (Å²) in [6, 6.07) is 1.19. The van der Waals surface area contributed by atoms with E-state index in [9.17, 15) is 24.0 Å². The number of nitrogens with zero attached hydrogens (tertiary/aromatic N) is 1. The molecule has 1 aromatic heterocycles. The van der Waals surface area contributed by atoms with Gasteiger partial charge in [-0.2, -0.15) is 0 Å². The van der Waals surface area contributed by atoms with Gasteiger partial charge in [-0.05, 0) is 19.3 Å². The maximum atomic E-state index is 13.5. The number of rotatable bonds is 47. The summed E-state index contributed by atoms with van der Waals surface area (Å²) < 4.78 is 25.3. The van der Waals surface area contributed by atoms with E-state index in [0.29, 0.717) is 19.3 Å². The van der Waals surface area contributed by atoms with E-state index < -0.39 is 47.7 Å². The monoisotopic (exact) mass is 959 g/mol. The Morgan fingerprint density at radius 2 is 0.765 bits per heavy atom. The summed E-state index contributed by atoms with van der Waals surface area (Å²) >= 11 is 0. The molecule has 0 aromatic carbocycles. The number of carbonyl (C=O) groups excluding carboxylic acids is 3. The minimum Gasteiger partial charge on any atom is -0.463 e. The molecule has 1 fully saturated rings. The Labute approximate surface area is 414 Å². The van der Waals surface area contributed by atoms with Crippen molar-refractivity contribution in [3.63, 3.8) is 0 Å². The average Bonchev–Trinajstić information content (AvgIpc) is 3.64. The molecule has 0 spiro atoms. The van der Waals surface area contributed by atoms with Gasteiger partial charge >= 0.3 is 23.6 Å². The topological polar surface area (TPSA) is 143 Å². The van der Waals surface area contributed by atoms with Crippen LogP contribution in [0.1, 0.15) is 297 Å². The van der Waals surface area contributed by atoms with Gasteiger partial charge in [0.25, 0.3) is 5.56 Å². The highest BCUT2D eigenvalue weighted by atomic mass is 16.7. The maximum Gasteiger partial charge on any atom is 0.330 e. The van der Waals surface area contributed by atoms with Crippen LogP contribution >= 0.6 is 0 Å². The summed E-state index contributed by atoms with van der Waals surface area (Å²) in [5, 5.41) is 0. The molecule has 0 aliphatic carbocycles. The van der Waals surface area contributed by atoms with Crippen LogP contribution in [0.3, 0.4) is 0 Å². The van der Waals surface area contributed by atoms with Crippen LogP contribution in [0.2, 0.25) is 0 Å². The second-order valence-corrected chi connectivity index (χ2v) is 20.2. The molecule has 394 valence electrons. The molecule has 2 heterocycles. The fourth-order valence-corrected chi connectivity index (χ4v) is 9.49. The fraction of sp³-hybridized carbons (Fsp3) is 0.877. The number of aromatic amines is 1. The highest BCUT2D eigenvalue weighted by Crippen LogP contribution is 2.34. The van der Waals surface area contributed by atoms with Crippen molar-refractivity contribution in [2.24, 2.45) is 0 Å². The van der Waals surface area contributed by atoms with E-state index in [4.69, 9.17) is 18.9 Å². The standard InChI is InChI=1S/C57H102N2O9/c1-4-7-10-13-16-19-22-25-28-31-34-37-40-43-51(61)65-48-49-54(67-52(62)44-41-38-35-32-29-26-23-20-17-14-11-8-5-2)55(56(66-49)59-47-46-50(60)58-57(59)64)68-53(63)45-42-39-36-33-30-27-24-21-18-15-12-9-6-3/h46-47,49,54-56H,4-45,48H2,1-3H3,(H,58,60,64)/t49-,54?,55?,56-/m0/s1. The van der Waals surface area contributed by atoms with E-state index in [1.807, 2.05) is 0 Å². The third-order valence-electron chi connectivity index (χ3n) is 13.8. The van der Waals surface area contributed by atoms with E-state index in [1.54, 1.807) is 0 Å². The minimum absolute atomic E-state index is 0.167. The van der Waals surface area contributed by atoms with Gasteiger partial charge in [0, 0.05) is 31.5 Å². The number of nitrogens with one attached hydrogen (secondary N) is 1. The molecule has 2 unspecified atom stereocenters. The van der Waals surface area contributed by atoms with Crippen LogP contribution in [0.25, 0.3) is 0 Å². The SMILES string of the molecule is CCCCCCCCCCCCCCCC(=O)OC[C@@H]1O[C@H](n2ccc(=O)[nH]c2=O)C(OC(=O)CCCCCCCCCCCCCCC)C1OC(=O)CCCCCCCCCCCCCCC. The second-order valence-electron chi connectivity index (χ2n) is 20.2. The van der Waals surface area contributed by atoms with E-state index in [2.05, 4.69) is 25.8 Å². The molecular formula is C57H102N2O9. The zero-order valence-corrected chi connectivity index (χ0v) is 44.0. The van der Waals surface area contributed by atoms with Crippen LogP contribution in [-0.4, -0.2) is 52.4 Å². The van der Waals surface area contributed by atoms with E-state index in [1.165, 1.54) is 186 Å². The summed E-state index contributed by atoms with van der Waals surface area (Å²) in [7, 11) is 0. The molecule has 1 aliphatic rings. The van der Waals surface area contributed by atoms with Gasteiger partial charge in [0.15, 0.2) is 18.4 Å². The smallest absolute Gasteiger partial charge is 0.330 e. The normalized spacial score (nSPS) is 16.9. The first-order chi connectivity index (χ1) is 33.3. The first kappa shape index (κ1) is 61.2. The number of hydrogen-bond acceptors (Lipinski definition) is 9. The molecule has 11 heteroatoms. The van der Waals surface area contributed by atoms with Gasteiger partial charge < -0.3 is 18.9 Å². The van der Waals surface area contributed by atoms with Crippen molar-refractivity contribution in [2.45, 2.75) is 315 Å². The number of esters is 3. The van der Waals surface area contributed by atoms with Gasteiger partial charge in [0.2, 0.25) is 0 Å². The van der Waals surface area contributed by atoms with Gasteiger partial charge in [-0.1, -0.05) is 252 Å². The summed E-state index contributed by atoms with van der Waals surface area (Å²) in [6.45, 7) is 6.51. The molecule has 1 aromatic rings. The Balaban J connectivity index is 1.95. The lowest BCUT2D eigenvalue weighted by Crippen LogP contribution is -2.43. The van der Waals surface area contributed by atoms with Gasteiger partial charge in [0.05, 0.1) is 0 Å². The number of hydrogen-bond donors (Lipinski definition) is 1. The van der Waals surface area contributed by atoms with Crippen molar-refractivity contribution in [1.29, 1.82) is 0 Å². The van der Waals surface area contributed by atoms with Gasteiger partial charge in [0.1, 0.15) is 12.7 Å². The summed E-state index contributed by atoms with van der Waals surface area (Å²) in [6.07, 6.45) is 43.9. The molecule has 0 radical (unpaired) electrons. The lowest BCUT2D eigenvalue weighted by atomic mass is 10.0. The summed E-state index contributed by atoms with van der Waals surface area (Å²) in [5.74, 6) is -1.33. The van der Waals surface area contributed by atoms with Crippen LogP contribution in [0.5, 0.6) is 0 Å². The molecule has 4 atom stereocenters.